The summed E-state index contributed by atoms with van der Waals surface area (Å²) in [5, 5.41) is 3.61. The fraction of sp³-hybridized carbons (Fsp3) is 0.375. The number of hydrogen-bond acceptors (Lipinski definition) is 4. The largest absolute Gasteiger partial charge is 0.354 e. The molecule has 3 aromatic rings. The van der Waals surface area contributed by atoms with E-state index in [1.807, 2.05) is 40.7 Å². The molecule has 0 radical (unpaired) electrons. The zero-order valence-corrected chi connectivity index (χ0v) is 27.1. The first-order chi connectivity index (χ1) is 19.9. The Morgan fingerprint density at radius 1 is 0.881 bits per heavy atom. The Morgan fingerprint density at radius 2 is 1.48 bits per heavy atom. The van der Waals surface area contributed by atoms with Crippen LogP contribution in [0, 0.1) is 20.8 Å². The van der Waals surface area contributed by atoms with Crippen LogP contribution in [0.1, 0.15) is 55.4 Å². The minimum Gasteiger partial charge on any atom is -0.354 e. The van der Waals surface area contributed by atoms with Crippen LogP contribution in [0.2, 0.25) is 10.0 Å². The van der Waals surface area contributed by atoms with Crippen molar-refractivity contribution in [2.45, 2.75) is 71.4 Å². The van der Waals surface area contributed by atoms with Gasteiger partial charge in [0.05, 0.1) is 10.6 Å². The van der Waals surface area contributed by atoms with Crippen molar-refractivity contribution < 1.29 is 18.0 Å². The van der Waals surface area contributed by atoms with E-state index < -0.39 is 28.5 Å². The molecule has 0 saturated heterocycles. The molecule has 42 heavy (non-hydrogen) atoms. The second kappa shape index (κ2) is 14.9. The molecule has 0 heterocycles. The third-order valence-corrected chi connectivity index (χ3v) is 9.48. The Kier molecular flexibility index (Phi) is 11.9. The summed E-state index contributed by atoms with van der Waals surface area (Å²) >= 11 is 13.0. The highest BCUT2D eigenvalue weighted by Crippen LogP contribution is 2.29. The molecule has 0 bridgehead atoms. The molecule has 10 heteroatoms. The van der Waals surface area contributed by atoms with E-state index >= 15 is 0 Å². The molecule has 7 nitrogen and oxygen atoms in total. The minimum atomic E-state index is -4.16. The lowest BCUT2D eigenvalue weighted by atomic mass is 10.1. The number of amides is 2. The number of rotatable bonds is 13. The summed E-state index contributed by atoms with van der Waals surface area (Å²) in [6, 6.07) is 16.0. The van der Waals surface area contributed by atoms with Crippen molar-refractivity contribution in [3.8, 4) is 0 Å². The fourth-order valence-electron chi connectivity index (χ4n) is 4.74. The zero-order valence-electron chi connectivity index (χ0n) is 24.8. The summed E-state index contributed by atoms with van der Waals surface area (Å²) in [7, 11) is -4.16. The molecule has 0 spiro atoms. The molecule has 1 atom stereocenters. The maximum absolute atomic E-state index is 14.2. The van der Waals surface area contributed by atoms with Gasteiger partial charge < -0.3 is 10.2 Å². The lowest BCUT2D eigenvalue weighted by molar-refractivity contribution is -0.140. The highest BCUT2D eigenvalue weighted by Gasteiger charge is 2.34. The van der Waals surface area contributed by atoms with Crippen LogP contribution in [-0.4, -0.2) is 44.3 Å². The standard InChI is InChI=1S/C32H39Cl2N3O4S/c1-6-8-16-35-32(39)30(7-2)36(20-27-28(33)10-9-11-29(27)34)31(38)21-37(25-18-23(4)17-24(5)19-25)42(40,41)26-14-12-22(3)13-15-26/h9-15,17-19,30H,6-8,16,20-21H2,1-5H3,(H,35,39)/t30-/m0/s1. The van der Waals surface area contributed by atoms with Crippen molar-refractivity contribution in [3.05, 3.63) is 93.0 Å². The first-order valence-electron chi connectivity index (χ1n) is 14.1. The summed E-state index contributed by atoms with van der Waals surface area (Å²) < 4.78 is 29.3. The summed E-state index contributed by atoms with van der Waals surface area (Å²) in [5.41, 5.74) is 3.45. The number of unbranched alkanes of at least 4 members (excludes halogenated alkanes) is 1. The van der Waals surface area contributed by atoms with Crippen LogP contribution < -0.4 is 9.62 Å². The number of hydrogen-bond donors (Lipinski definition) is 1. The molecule has 0 aliphatic rings. The SMILES string of the molecule is CCCCNC(=O)[C@H](CC)N(Cc1c(Cl)cccc1Cl)C(=O)CN(c1cc(C)cc(C)c1)S(=O)(=O)c1ccc(C)cc1. The highest BCUT2D eigenvalue weighted by atomic mass is 35.5. The van der Waals surface area contributed by atoms with Gasteiger partial charge in [0.2, 0.25) is 11.8 Å². The van der Waals surface area contributed by atoms with Crippen LogP contribution in [-0.2, 0) is 26.2 Å². The number of sulfonamides is 1. The fourth-order valence-corrected chi connectivity index (χ4v) is 6.66. The van der Waals surface area contributed by atoms with E-state index in [9.17, 15) is 18.0 Å². The molecule has 0 unspecified atom stereocenters. The number of nitrogens with zero attached hydrogens (tertiary/aromatic N) is 2. The highest BCUT2D eigenvalue weighted by molar-refractivity contribution is 7.92. The molecule has 3 aromatic carbocycles. The molecule has 2 amide bonds. The number of aryl methyl sites for hydroxylation is 3. The quantitative estimate of drug-likeness (QED) is 0.209. The van der Waals surface area contributed by atoms with Crippen molar-refractivity contribution in [2.75, 3.05) is 17.4 Å². The van der Waals surface area contributed by atoms with Gasteiger partial charge in [0, 0.05) is 28.7 Å². The maximum Gasteiger partial charge on any atom is 0.264 e. The third-order valence-electron chi connectivity index (χ3n) is 6.99. The van der Waals surface area contributed by atoms with E-state index in [2.05, 4.69) is 5.32 Å². The van der Waals surface area contributed by atoms with Gasteiger partial charge >= 0.3 is 0 Å². The summed E-state index contributed by atoms with van der Waals surface area (Å²) in [5.74, 6) is -0.875. The predicted molar refractivity (Wildman–Crippen MR) is 171 cm³/mol. The molecule has 1 N–H and O–H groups in total. The van der Waals surface area contributed by atoms with Gasteiger partial charge in [-0.05, 0) is 81.1 Å². The van der Waals surface area contributed by atoms with E-state index in [1.165, 1.54) is 17.0 Å². The second-order valence-corrected chi connectivity index (χ2v) is 13.1. The minimum absolute atomic E-state index is 0.0603. The Balaban J connectivity index is 2.11. The van der Waals surface area contributed by atoms with Crippen LogP contribution in [0.15, 0.2) is 65.6 Å². The van der Waals surface area contributed by atoms with Crippen LogP contribution >= 0.6 is 23.2 Å². The lowest BCUT2D eigenvalue weighted by Gasteiger charge is -2.33. The third kappa shape index (κ3) is 8.27. The molecule has 0 fully saturated rings. The summed E-state index contributed by atoms with van der Waals surface area (Å²) in [6.45, 7) is 9.32. The van der Waals surface area contributed by atoms with E-state index in [1.54, 1.807) is 42.5 Å². The van der Waals surface area contributed by atoms with Gasteiger partial charge in [-0.3, -0.25) is 13.9 Å². The molecule has 0 aliphatic heterocycles. The Hall–Kier alpha value is -3.07. The Morgan fingerprint density at radius 3 is 2.02 bits per heavy atom. The number of carbonyl (C=O) groups is 2. The first kappa shape index (κ1) is 33.4. The first-order valence-corrected chi connectivity index (χ1v) is 16.3. The maximum atomic E-state index is 14.2. The number of nitrogens with one attached hydrogen (secondary N) is 1. The Labute approximate surface area is 259 Å². The van der Waals surface area contributed by atoms with Crippen molar-refractivity contribution >= 4 is 50.7 Å². The van der Waals surface area contributed by atoms with E-state index in [0.29, 0.717) is 34.3 Å². The predicted octanol–water partition coefficient (Wildman–Crippen LogP) is 6.84. The zero-order chi connectivity index (χ0) is 31.0. The number of halogens is 2. The van der Waals surface area contributed by atoms with Crippen LogP contribution in [0.4, 0.5) is 5.69 Å². The monoisotopic (exact) mass is 631 g/mol. The van der Waals surface area contributed by atoms with Crippen LogP contribution in [0.5, 0.6) is 0 Å². The van der Waals surface area contributed by atoms with Gasteiger partial charge in [-0.15, -0.1) is 0 Å². The molecular formula is C32H39Cl2N3O4S. The molecule has 226 valence electrons. The van der Waals surface area contributed by atoms with Crippen molar-refractivity contribution in [1.82, 2.24) is 10.2 Å². The van der Waals surface area contributed by atoms with E-state index in [4.69, 9.17) is 23.2 Å². The average Bonchev–Trinajstić information content (AvgIpc) is 2.92. The van der Waals surface area contributed by atoms with Crippen LogP contribution in [0.25, 0.3) is 0 Å². The smallest absolute Gasteiger partial charge is 0.264 e. The van der Waals surface area contributed by atoms with E-state index in [-0.39, 0.29) is 17.3 Å². The van der Waals surface area contributed by atoms with Gasteiger partial charge in [0.25, 0.3) is 10.0 Å². The molecule has 0 aliphatic carbocycles. The summed E-state index contributed by atoms with van der Waals surface area (Å²) in [6.07, 6.45) is 2.00. The number of anilines is 1. The number of carbonyl (C=O) groups excluding carboxylic acids is 2. The molecular weight excluding hydrogens is 593 g/mol. The molecule has 3 rings (SSSR count). The van der Waals surface area contributed by atoms with Gasteiger partial charge in [0.1, 0.15) is 12.6 Å². The second-order valence-electron chi connectivity index (χ2n) is 10.5. The van der Waals surface area contributed by atoms with Gasteiger partial charge in [-0.1, -0.05) is 73.3 Å². The topological polar surface area (TPSA) is 86.8 Å². The summed E-state index contributed by atoms with van der Waals surface area (Å²) in [4.78, 5) is 29.0. The van der Waals surface area contributed by atoms with Gasteiger partial charge in [-0.25, -0.2) is 8.42 Å². The number of benzene rings is 3. The van der Waals surface area contributed by atoms with E-state index in [0.717, 1.165) is 33.8 Å². The molecule has 0 saturated carbocycles. The van der Waals surface area contributed by atoms with Crippen molar-refractivity contribution in [2.24, 2.45) is 0 Å². The molecule has 0 aromatic heterocycles. The van der Waals surface area contributed by atoms with Crippen molar-refractivity contribution in [1.29, 1.82) is 0 Å². The van der Waals surface area contributed by atoms with Gasteiger partial charge in [0.15, 0.2) is 0 Å². The van der Waals surface area contributed by atoms with Crippen LogP contribution in [0.3, 0.4) is 0 Å². The lowest BCUT2D eigenvalue weighted by Crippen LogP contribution is -2.52. The Bertz CT molecular complexity index is 1470. The average molecular weight is 633 g/mol. The van der Waals surface area contributed by atoms with Gasteiger partial charge in [-0.2, -0.15) is 0 Å². The normalized spacial score (nSPS) is 12.1. The van der Waals surface area contributed by atoms with Crippen molar-refractivity contribution in [3.63, 3.8) is 0 Å².